The number of aromatic amines is 1. The second kappa shape index (κ2) is 13.0. The number of hydrogen-bond donors (Lipinski definition) is 4. The lowest BCUT2D eigenvalue weighted by molar-refractivity contribution is -0.193. The van der Waals surface area contributed by atoms with E-state index >= 15 is 0 Å². The summed E-state index contributed by atoms with van der Waals surface area (Å²) in [6, 6.07) is 19.5. The van der Waals surface area contributed by atoms with Crippen molar-refractivity contribution in [2.24, 2.45) is 0 Å². The zero-order valence-electron chi connectivity index (χ0n) is 20.4. The molecule has 2 aromatic heterocycles. The Labute approximate surface area is 244 Å². The van der Waals surface area contributed by atoms with Crippen LogP contribution in [-0.2, 0) is 9.59 Å². The Morgan fingerprint density at radius 1 is 0.881 bits per heavy atom. The van der Waals surface area contributed by atoms with Crippen LogP contribution in [0.1, 0.15) is 0 Å². The van der Waals surface area contributed by atoms with Crippen LogP contribution >= 0.6 is 27.5 Å². The van der Waals surface area contributed by atoms with Crippen molar-refractivity contribution in [1.29, 1.82) is 0 Å². The van der Waals surface area contributed by atoms with Crippen LogP contribution in [0.25, 0.3) is 33.2 Å². The normalized spacial score (nSPS) is 11.2. The van der Waals surface area contributed by atoms with Crippen LogP contribution in [0, 0.1) is 0 Å². The molecule has 2 heterocycles. The van der Waals surface area contributed by atoms with Gasteiger partial charge in [-0.25, -0.2) is 19.6 Å². The number of carbonyl (C=O) groups is 2. The maximum Gasteiger partial charge on any atom is 0.490 e. The second-order valence-corrected chi connectivity index (χ2v) is 9.32. The Balaban J connectivity index is 0.000000289. The van der Waals surface area contributed by atoms with Gasteiger partial charge in [0.1, 0.15) is 5.82 Å². The number of aromatic nitrogens is 4. The molecule has 0 amide bonds. The van der Waals surface area contributed by atoms with E-state index in [9.17, 15) is 26.3 Å². The van der Waals surface area contributed by atoms with Crippen LogP contribution in [0.2, 0.25) is 5.02 Å². The predicted molar refractivity (Wildman–Crippen MR) is 144 cm³/mol. The lowest BCUT2D eigenvalue weighted by Gasteiger charge is -2.12. The van der Waals surface area contributed by atoms with Gasteiger partial charge in [-0.05, 0) is 48.5 Å². The fraction of sp³-hybridized carbons (Fsp3) is 0.0800. The van der Waals surface area contributed by atoms with Crippen LogP contribution < -0.4 is 5.32 Å². The molecule has 0 aliphatic carbocycles. The van der Waals surface area contributed by atoms with Gasteiger partial charge in [0, 0.05) is 31.5 Å². The van der Waals surface area contributed by atoms with Crippen LogP contribution in [0.3, 0.4) is 0 Å². The highest BCUT2D eigenvalue weighted by Crippen LogP contribution is 2.30. The van der Waals surface area contributed by atoms with Gasteiger partial charge in [-0.15, -0.1) is 0 Å². The summed E-state index contributed by atoms with van der Waals surface area (Å²) >= 11 is 9.72. The summed E-state index contributed by atoms with van der Waals surface area (Å²) in [6.07, 6.45) is -8.37. The quantitative estimate of drug-likeness (QED) is 0.143. The van der Waals surface area contributed by atoms with E-state index in [1.54, 1.807) is 6.20 Å². The van der Waals surface area contributed by atoms with Crippen molar-refractivity contribution in [2.75, 3.05) is 5.32 Å². The third-order valence-corrected chi connectivity index (χ3v) is 5.66. The van der Waals surface area contributed by atoms with E-state index in [0.29, 0.717) is 10.8 Å². The van der Waals surface area contributed by atoms with Crippen molar-refractivity contribution in [3.63, 3.8) is 0 Å². The predicted octanol–water partition coefficient (Wildman–Crippen LogP) is 7.60. The number of hydrogen-bond acceptors (Lipinski definition) is 6. The first-order valence-corrected chi connectivity index (χ1v) is 12.3. The van der Waals surface area contributed by atoms with Crippen LogP contribution in [-0.4, -0.2) is 54.7 Å². The van der Waals surface area contributed by atoms with E-state index in [2.05, 4.69) is 31.4 Å². The lowest BCUT2D eigenvalue weighted by Crippen LogP contribution is -2.21. The Kier molecular flexibility index (Phi) is 9.95. The van der Waals surface area contributed by atoms with E-state index in [4.69, 9.17) is 41.4 Å². The number of aliphatic carboxylic acids is 2. The highest BCUT2D eigenvalue weighted by molar-refractivity contribution is 9.10. The van der Waals surface area contributed by atoms with Crippen molar-refractivity contribution in [1.82, 2.24) is 20.2 Å². The first-order chi connectivity index (χ1) is 19.5. The van der Waals surface area contributed by atoms with Gasteiger partial charge in [0.15, 0.2) is 5.82 Å². The molecule has 0 spiro atoms. The minimum atomic E-state index is -5.08. The molecule has 0 atom stereocenters. The molecule has 0 saturated carbocycles. The number of anilines is 2. The minimum absolute atomic E-state index is 0.628. The molecule has 5 rings (SSSR count). The summed E-state index contributed by atoms with van der Waals surface area (Å²) in [4.78, 5) is 27.3. The lowest BCUT2D eigenvalue weighted by atomic mass is 10.1. The monoisotopic (exact) mass is 677 g/mol. The third-order valence-electron chi connectivity index (χ3n) is 4.93. The number of rotatable bonds is 3. The SMILES string of the molecule is Clc1ccc2c(Nc3ccc4[nH]ncc4c3)nc(-c3cccc(Br)c3)nc2c1.O=C(O)C(F)(F)F.O=C(O)C(F)(F)F. The van der Waals surface area contributed by atoms with Crippen molar-refractivity contribution < 1.29 is 46.1 Å². The smallest absolute Gasteiger partial charge is 0.475 e. The maximum atomic E-state index is 10.6. The zero-order valence-corrected chi connectivity index (χ0v) is 22.8. The van der Waals surface area contributed by atoms with Crippen LogP contribution in [0.5, 0.6) is 0 Å². The molecule has 0 saturated heterocycles. The van der Waals surface area contributed by atoms with E-state index in [1.807, 2.05) is 60.7 Å². The molecule has 220 valence electrons. The summed E-state index contributed by atoms with van der Waals surface area (Å²) in [6.45, 7) is 0. The Hall–Kier alpha value is -4.44. The van der Waals surface area contributed by atoms with Crippen molar-refractivity contribution in [3.05, 3.63) is 76.4 Å². The molecule has 0 aliphatic heterocycles. The fourth-order valence-electron chi connectivity index (χ4n) is 3.11. The zero-order chi connectivity index (χ0) is 31.2. The van der Waals surface area contributed by atoms with Gasteiger partial charge in [0.05, 0.1) is 17.2 Å². The number of alkyl halides is 6. The molecule has 3 aromatic carbocycles. The number of nitrogens with zero attached hydrogens (tertiary/aromatic N) is 3. The highest BCUT2D eigenvalue weighted by Gasteiger charge is 2.38. The molecule has 0 fully saturated rings. The molecule has 5 aromatic rings. The molecular formula is C25H15BrClF6N5O4. The summed E-state index contributed by atoms with van der Waals surface area (Å²) in [5.41, 5.74) is 3.61. The number of carboxylic acid groups (broad SMARTS) is 2. The van der Waals surface area contributed by atoms with Gasteiger partial charge in [-0.3, -0.25) is 5.10 Å². The largest absolute Gasteiger partial charge is 0.490 e. The molecule has 42 heavy (non-hydrogen) atoms. The average Bonchev–Trinajstić information content (AvgIpc) is 3.36. The molecule has 9 nitrogen and oxygen atoms in total. The van der Waals surface area contributed by atoms with Gasteiger partial charge in [0.25, 0.3) is 0 Å². The third kappa shape index (κ3) is 8.78. The molecule has 4 N–H and O–H groups in total. The summed E-state index contributed by atoms with van der Waals surface area (Å²) in [5, 5.41) is 27.3. The first-order valence-electron chi connectivity index (χ1n) is 11.1. The van der Waals surface area contributed by atoms with Crippen molar-refractivity contribution in [3.8, 4) is 11.4 Å². The molecule has 0 bridgehead atoms. The standard InChI is InChI=1S/C21H13BrClN5.2C2HF3O2/c22-14-3-1-2-12(8-14)20-26-19-10-15(23)4-6-17(19)21(27-20)25-16-5-7-18-13(9-16)11-24-28-18;2*3-2(4,5)1(6)7/h1-11H,(H,24,28)(H,25,26,27);2*(H,6,7). The van der Waals surface area contributed by atoms with Crippen molar-refractivity contribution >= 4 is 72.8 Å². The fourth-order valence-corrected chi connectivity index (χ4v) is 3.68. The van der Waals surface area contributed by atoms with Gasteiger partial charge >= 0.3 is 24.3 Å². The van der Waals surface area contributed by atoms with E-state index in [0.717, 1.165) is 43.3 Å². The van der Waals surface area contributed by atoms with Gasteiger partial charge in [-0.2, -0.15) is 31.4 Å². The second-order valence-electron chi connectivity index (χ2n) is 7.97. The number of nitrogens with one attached hydrogen (secondary N) is 2. The number of fused-ring (bicyclic) bond motifs is 2. The Bertz CT molecular complexity index is 1720. The minimum Gasteiger partial charge on any atom is -0.475 e. The van der Waals surface area contributed by atoms with Crippen LogP contribution in [0.15, 0.2) is 71.3 Å². The van der Waals surface area contributed by atoms with Crippen molar-refractivity contribution in [2.45, 2.75) is 12.4 Å². The molecule has 0 radical (unpaired) electrons. The number of benzene rings is 3. The molecule has 17 heteroatoms. The Morgan fingerprint density at radius 3 is 2.12 bits per heavy atom. The van der Waals surface area contributed by atoms with E-state index in [-0.39, 0.29) is 0 Å². The van der Waals surface area contributed by atoms with Gasteiger partial charge in [0.2, 0.25) is 0 Å². The first kappa shape index (κ1) is 32.1. The van der Waals surface area contributed by atoms with E-state index < -0.39 is 24.3 Å². The summed E-state index contributed by atoms with van der Waals surface area (Å²) in [7, 11) is 0. The molecular weight excluding hydrogens is 664 g/mol. The summed E-state index contributed by atoms with van der Waals surface area (Å²) in [5.74, 6) is -4.16. The summed E-state index contributed by atoms with van der Waals surface area (Å²) < 4.78 is 64.4. The van der Waals surface area contributed by atoms with E-state index in [1.165, 1.54) is 0 Å². The Morgan fingerprint density at radius 2 is 1.52 bits per heavy atom. The number of carboxylic acids is 2. The van der Waals surface area contributed by atoms with Crippen LogP contribution in [0.4, 0.5) is 37.8 Å². The molecule has 0 unspecified atom stereocenters. The highest BCUT2D eigenvalue weighted by atomic mass is 79.9. The number of halogens is 8. The average molecular weight is 679 g/mol. The maximum absolute atomic E-state index is 10.6. The topological polar surface area (TPSA) is 141 Å². The van der Waals surface area contributed by atoms with Gasteiger partial charge in [-0.1, -0.05) is 39.7 Å². The number of H-pyrrole nitrogens is 1. The van der Waals surface area contributed by atoms with Gasteiger partial charge < -0.3 is 15.5 Å². The molecule has 0 aliphatic rings.